The molecule has 0 heterocycles. The first-order valence-electron chi connectivity index (χ1n) is 4.33. The van der Waals surface area contributed by atoms with Crippen LogP contribution in [0.4, 0.5) is 0 Å². The molecule has 0 saturated carbocycles. The molecule has 4 nitrogen and oxygen atoms in total. The lowest BCUT2D eigenvalue weighted by atomic mass is 10.3. The van der Waals surface area contributed by atoms with E-state index in [1.807, 2.05) is 0 Å². The molecule has 0 N–H and O–H groups in total. The lowest BCUT2D eigenvalue weighted by Gasteiger charge is -2.09. The SMILES string of the molecule is O=C(CC(S)C(=O)OCCS)OCCS. The Hall–Kier alpha value is -0.0100. The van der Waals surface area contributed by atoms with Crippen molar-refractivity contribution in [3.63, 3.8) is 0 Å². The molecule has 0 aromatic heterocycles. The number of hydrogen-bond donors (Lipinski definition) is 3. The summed E-state index contributed by atoms with van der Waals surface area (Å²) in [4.78, 5) is 22.2. The van der Waals surface area contributed by atoms with Gasteiger partial charge in [-0.05, 0) is 0 Å². The molecule has 0 aliphatic carbocycles. The maximum atomic E-state index is 11.2. The van der Waals surface area contributed by atoms with Crippen LogP contribution in [0.2, 0.25) is 0 Å². The van der Waals surface area contributed by atoms with Gasteiger partial charge in [-0.25, -0.2) is 0 Å². The zero-order chi connectivity index (χ0) is 11.7. The van der Waals surface area contributed by atoms with Gasteiger partial charge in [-0.2, -0.15) is 37.9 Å². The van der Waals surface area contributed by atoms with E-state index < -0.39 is 17.2 Å². The third kappa shape index (κ3) is 7.87. The Balaban J connectivity index is 3.75. The number of rotatable bonds is 7. The smallest absolute Gasteiger partial charge is 0.319 e. The second kappa shape index (κ2) is 9.23. The molecular weight excluding hydrogens is 256 g/mol. The maximum Gasteiger partial charge on any atom is 0.319 e. The Morgan fingerprint density at radius 1 is 1.07 bits per heavy atom. The van der Waals surface area contributed by atoms with Gasteiger partial charge in [-0.3, -0.25) is 9.59 Å². The van der Waals surface area contributed by atoms with E-state index in [1.165, 1.54) is 0 Å². The van der Waals surface area contributed by atoms with Crippen LogP contribution >= 0.6 is 37.9 Å². The van der Waals surface area contributed by atoms with Gasteiger partial charge in [-0.1, -0.05) is 0 Å². The van der Waals surface area contributed by atoms with Crippen molar-refractivity contribution < 1.29 is 19.1 Å². The standard InChI is InChI=1S/C8H14O4S3/c9-7(11-1-3-13)5-6(15)8(10)12-2-4-14/h6,13-15H,1-5H2. The molecule has 0 radical (unpaired) electrons. The van der Waals surface area contributed by atoms with Gasteiger partial charge in [0, 0.05) is 11.5 Å². The molecule has 0 amide bonds. The Morgan fingerprint density at radius 3 is 2.13 bits per heavy atom. The van der Waals surface area contributed by atoms with E-state index in [1.54, 1.807) is 0 Å². The first-order valence-corrected chi connectivity index (χ1v) is 6.12. The van der Waals surface area contributed by atoms with Crippen LogP contribution in [0.15, 0.2) is 0 Å². The Kier molecular flexibility index (Phi) is 9.23. The minimum atomic E-state index is -0.780. The van der Waals surface area contributed by atoms with Crippen LogP contribution in [0.3, 0.4) is 0 Å². The first-order chi connectivity index (χ1) is 7.11. The maximum absolute atomic E-state index is 11.2. The van der Waals surface area contributed by atoms with Crippen molar-refractivity contribution in [2.24, 2.45) is 0 Å². The average Bonchev–Trinajstić information content (AvgIpc) is 2.22. The molecule has 0 bridgehead atoms. The third-order valence-electron chi connectivity index (χ3n) is 1.32. The van der Waals surface area contributed by atoms with Crippen molar-refractivity contribution in [3.05, 3.63) is 0 Å². The molecule has 15 heavy (non-hydrogen) atoms. The van der Waals surface area contributed by atoms with Crippen LogP contribution in [0.25, 0.3) is 0 Å². The van der Waals surface area contributed by atoms with E-state index in [-0.39, 0.29) is 19.6 Å². The first kappa shape index (κ1) is 15.0. The number of thiol groups is 3. The predicted octanol–water partition coefficient (Wildman–Crippen LogP) is 0.621. The van der Waals surface area contributed by atoms with E-state index >= 15 is 0 Å². The Labute approximate surface area is 105 Å². The zero-order valence-corrected chi connectivity index (χ0v) is 10.8. The molecule has 0 aliphatic heterocycles. The highest BCUT2D eigenvalue weighted by Gasteiger charge is 2.19. The Bertz CT molecular complexity index is 210. The fourth-order valence-electron chi connectivity index (χ4n) is 0.702. The van der Waals surface area contributed by atoms with Crippen molar-refractivity contribution >= 4 is 49.8 Å². The van der Waals surface area contributed by atoms with Gasteiger partial charge in [-0.15, -0.1) is 0 Å². The highest BCUT2D eigenvalue weighted by molar-refractivity contribution is 7.81. The molecule has 0 aliphatic rings. The lowest BCUT2D eigenvalue weighted by Crippen LogP contribution is -2.23. The monoisotopic (exact) mass is 270 g/mol. The molecule has 0 saturated heterocycles. The number of carbonyl (C=O) groups excluding carboxylic acids is 2. The van der Waals surface area contributed by atoms with Crippen LogP contribution in [0.1, 0.15) is 6.42 Å². The quantitative estimate of drug-likeness (QED) is 0.469. The van der Waals surface area contributed by atoms with Gasteiger partial charge in [0.05, 0.1) is 6.42 Å². The second-order valence-electron chi connectivity index (χ2n) is 2.56. The topological polar surface area (TPSA) is 52.6 Å². The normalized spacial score (nSPS) is 11.9. The average molecular weight is 270 g/mol. The number of hydrogen-bond acceptors (Lipinski definition) is 7. The van der Waals surface area contributed by atoms with Gasteiger partial charge in [0.25, 0.3) is 0 Å². The summed E-state index contributed by atoms with van der Waals surface area (Å²) in [6, 6.07) is 0. The van der Waals surface area contributed by atoms with Crippen LogP contribution in [-0.2, 0) is 19.1 Å². The molecule has 0 spiro atoms. The second-order valence-corrected chi connectivity index (χ2v) is 4.07. The highest BCUT2D eigenvalue weighted by atomic mass is 32.1. The molecule has 88 valence electrons. The summed E-state index contributed by atoms with van der Waals surface area (Å²) in [7, 11) is 0. The third-order valence-corrected chi connectivity index (χ3v) is 2.08. The molecule has 0 rings (SSSR count). The van der Waals surface area contributed by atoms with Crippen molar-refractivity contribution in [2.75, 3.05) is 24.7 Å². The number of carbonyl (C=O) groups is 2. The van der Waals surface area contributed by atoms with Gasteiger partial charge in [0.1, 0.15) is 18.5 Å². The van der Waals surface area contributed by atoms with E-state index in [4.69, 9.17) is 9.47 Å². The highest BCUT2D eigenvalue weighted by Crippen LogP contribution is 2.05. The molecule has 0 aromatic rings. The summed E-state index contributed by atoms with van der Waals surface area (Å²) in [5.41, 5.74) is 0. The van der Waals surface area contributed by atoms with Gasteiger partial charge < -0.3 is 9.47 Å². The lowest BCUT2D eigenvalue weighted by molar-refractivity contribution is -0.149. The summed E-state index contributed by atoms with van der Waals surface area (Å²) in [6.07, 6.45) is -0.0949. The molecule has 0 fully saturated rings. The molecular formula is C8H14O4S3. The fraction of sp³-hybridized carbons (Fsp3) is 0.750. The zero-order valence-electron chi connectivity index (χ0n) is 8.09. The fourth-order valence-corrected chi connectivity index (χ4v) is 1.11. The van der Waals surface area contributed by atoms with Gasteiger partial charge in [0.15, 0.2) is 0 Å². The minimum Gasteiger partial charge on any atom is -0.465 e. The molecule has 1 unspecified atom stereocenters. The number of ether oxygens (including phenoxy) is 2. The van der Waals surface area contributed by atoms with Gasteiger partial charge in [0.2, 0.25) is 0 Å². The summed E-state index contributed by atoms with van der Waals surface area (Å²) >= 11 is 11.7. The molecule has 0 aromatic carbocycles. The summed E-state index contributed by atoms with van der Waals surface area (Å²) in [5, 5.41) is -0.780. The summed E-state index contributed by atoms with van der Waals surface area (Å²) in [6.45, 7) is 0.443. The summed E-state index contributed by atoms with van der Waals surface area (Å²) < 4.78 is 9.47. The largest absolute Gasteiger partial charge is 0.465 e. The Morgan fingerprint density at radius 2 is 1.60 bits per heavy atom. The van der Waals surface area contributed by atoms with E-state index in [9.17, 15) is 9.59 Å². The minimum absolute atomic E-state index is 0.0949. The van der Waals surface area contributed by atoms with Gasteiger partial charge >= 0.3 is 11.9 Å². The molecule has 7 heteroatoms. The van der Waals surface area contributed by atoms with Crippen LogP contribution in [0.5, 0.6) is 0 Å². The van der Waals surface area contributed by atoms with Crippen LogP contribution < -0.4 is 0 Å². The van der Waals surface area contributed by atoms with Crippen molar-refractivity contribution in [1.82, 2.24) is 0 Å². The molecule has 1 atom stereocenters. The van der Waals surface area contributed by atoms with Crippen LogP contribution in [-0.4, -0.2) is 41.9 Å². The van der Waals surface area contributed by atoms with Crippen LogP contribution in [0, 0.1) is 0 Å². The van der Waals surface area contributed by atoms with E-state index in [2.05, 4.69) is 37.9 Å². The van der Waals surface area contributed by atoms with Crippen molar-refractivity contribution in [3.8, 4) is 0 Å². The van der Waals surface area contributed by atoms with Crippen molar-refractivity contribution in [2.45, 2.75) is 11.7 Å². The van der Waals surface area contributed by atoms with E-state index in [0.717, 1.165) is 0 Å². The van der Waals surface area contributed by atoms with Crippen molar-refractivity contribution in [1.29, 1.82) is 0 Å². The van der Waals surface area contributed by atoms with E-state index in [0.29, 0.717) is 11.5 Å². The number of esters is 2. The summed E-state index contributed by atoms with van der Waals surface area (Å²) in [5.74, 6) is -0.120. The predicted molar refractivity (Wildman–Crippen MR) is 67.0 cm³/mol.